The van der Waals surface area contributed by atoms with Crippen LogP contribution in [0.2, 0.25) is 0 Å². The number of guanidine groups is 1. The summed E-state index contributed by atoms with van der Waals surface area (Å²) in [5.41, 5.74) is 7.69. The van der Waals surface area contributed by atoms with Crippen molar-refractivity contribution in [2.24, 2.45) is 10.7 Å². The van der Waals surface area contributed by atoms with Crippen molar-refractivity contribution < 1.29 is 9.26 Å². The zero-order chi connectivity index (χ0) is 14.4. The molecule has 21 heavy (non-hydrogen) atoms. The second-order valence-corrected chi connectivity index (χ2v) is 4.15. The maximum atomic E-state index is 5.83. The highest BCUT2D eigenvalue weighted by molar-refractivity contribution is 14.0. The quantitative estimate of drug-likeness (QED) is 0.451. The summed E-state index contributed by atoms with van der Waals surface area (Å²) >= 11 is 0. The van der Waals surface area contributed by atoms with Crippen molar-refractivity contribution >= 4 is 35.6 Å². The number of nitrogens with zero attached hydrogens (tertiary/aromatic N) is 3. The lowest BCUT2D eigenvalue weighted by molar-refractivity contribution is 0.185. The van der Waals surface area contributed by atoms with Crippen molar-refractivity contribution in [3.63, 3.8) is 0 Å². The number of nitrogens with one attached hydrogen (secondary N) is 1. The van der Waals surface area contributed by atoms with Crippen LogP contribution < -0.4 is 11.1 Å². The van der Waals surface area contributed by atoms with Crippen LogP contribution in [0.5, 0.6) is 0 Å². The first-order valence-corrected chi connectivity index (χ1v) is 6.12. The van der Waals surface area contributed by atoms with Gasteiger partial charge in [-0.15, -0.1) is 24.0 Å². The van der Waals surface area contributed by atoms with Gasteiger partial charge in [0.25, 0.3) is 0 Å². The van der Waals surface area contributed by atoms with E-state index in [1.807, 2.05) is 24.3 Å². The molecule has 1 aromatic carbocycles. The number of aliphatic imine (C=N–C) groups is 1. The Kier molecular flexibility index (Phi) is 7.09. The zero-order valence-electron chi connectivity index (χ0n) is 11.9. The molecule has 0 saturated carbocycles. The van der Waals surface area contributed by atoms with E-state index in [0.717, 1.165) is 11.3 Å². The number of benzene rings is 1. The molecule has 0 aliphatic carbocycles. The number of anilines is 1. The fourth-order valence-corrected chi connectivity index (χ4v) is 1.66. The van der Waals surface area contributed by atoms with E-state index in [-0.39, 0.29) is 36.5 Å². The van der Waals surface area contributed by atoms with Crippen molar-refractivity contribution in [1.82, 2.24) is 10.1 Å². The number of nitrogens with two attached hydrogens (primary N) is 1. The number of ether oxygens (including phenoxy) is 1. The van der Waals surface area contributed by atoms with Crippen LogP contribution in [0.15, 0.2) is 33.8 Å². The van der Waals surface area contributed by atoms with Crippen LogP contribution in [-0.4, -0.2) is 23.2 Å². The number of rotatable bonds is 5. The Labute approximate surface area is 140 Å². The van der Waals surface area contributed by atoms with Gasteiger partial charge >= 0.3 is 0 Å². The number of aryl methyl sites for hydroxylation is 1. The molecule has 1 heterocycles. The van der Waals surface area contributed by atoms with E-state index in [2.05, 4.69) is 20.4 Å². The Morgan fingerprint density at radius 1 is 1.43 bits per heavy atom. The molecule has 114 valence electrons. The molecular formula is C13H18IN5O2. The van der Waals surface area contributed by atoms with E-state index >= 15 is 0 Å². The minimum atomic E-state index is 0. The molecule has 2 aromatic rings. The summed E-state index contributed by atoms with van der Waals surface area (Å²) in [6.07, 6.45) is 0. The van der Waals surface area contributed by atoms with Crippen LogP contribution in [0, 0.1) is 6.92 Å². The van der Waals surface area contributed by atoms with Gasteiger partial charge in [0, 0.05) is 18.4 Å². The molecule has 0 bridgehead atoms. The van der Waals surface area contributed by atoms with Crippen LogP contribution >= 0.6 is 24.0 Å². The topological polar surface area (TPSA) is 98.6 Å². The molecule has 0 spiro atoms. The average molecular weight is 403 g/mol. The Bertz CT molecular complexity index is 600. The minimum Gasteiger partial charge on any atom is -0.380 e. The van der Waals surface area contributed by atoms with E-state index in [1.165, 1.54) is 0 Å². The van der Waals surface area contributed by atoms with E-state index in [0.29, 0.717) is 18.3 Å². The summed E-state index contributed by atoms with van der Waals surface area (Å²) in [6.45, 7) is 2.49. The van der Waals surface area contributed by atoms with Crippen molar-refractivity contribution in [3.05, 3.63) is 41.5 Å². The Balaban J connectivity index is 0.00000220. The first-order chi connectivity index (χ1) is 9.69. The lowest BCUT2D eigenvalue weighted by atomic mass is 10.2. The molecule has 3 N–H and O–H groups in total. The maximum Gasteiger partial charge on any atom is 0.248 e. The van der Waals surface area contributed by atoms with Gasteiger partial charge in [-0.1, -0.05) is 23.4 Å². The third-order valence-electron chi connectivity index (χ3n) is 2.53. The first kappa shape index (κ1) is 17.4. The fraction of sp³-hybridized carbons (Fsp3) is 0.308. The van der Waals surface area contributed by atoms with Gasteiger partial charge in [-0.2, -0.15) is 4.98 Å². The second kappa shape index (κ2) is 8.57. The molecule has 2 rings (SSSR count). The molecule has 0 fully saturated rings. The zero-order valence-corrected chi connectivity index (χ0v) is 14.2. The molecule has 0 radical (unpaired) electrons. The third kappa shape index (κ3) is 5.31. The summed E-state index contributed by atoms with van der Waals surface area (Å²) in [5, 5.41) is 6.71. The monoisotopic (exact) mass is 403 g/mol. The van der Waals surface area contributed by atoms with Gasteiger partial charge < -0.3 is 20.3 Å². The van der Waals surface area contributed by atoms with Crippen LogP contribution in [0.3, 0.4) is 0 Å². The molecule has 0 saturated heterocycles. The highest BCUT2D eigenvalue weighted by Crippen LogP contribution is 2.15. The van der Waals surface area contributed by atoms with Gasteiger partial charge in [-0.25, -0.2) is 4.99 Å². The van der Waals surface area contributed by atoms with Crippen molar-refractivity contribution in [2.75, 3.05) is 12.4 Å². The van der Waals surface area contributed by atoms with Gasteiger partial charge in [0.15, 0.2) is 11.8 Å². The maximum absolute atomic E-state index is 5.83. The smallest absolute Gasteiger partial charge is 0.248 e. The first-order valence-electron chi connectivity index (χ1n) is 6.12. The molecule has 8 heteroatoms. The standard InChI is InChI=1S/C13H17N5O2.HI/c1-9-16-12(20-18-9)7-15-13(14)17-11-6-4-3-5-10(11)8-19-2;/h3-6H,7-8H2,1-2H3,(H3,14,15,17);1H. The van der Waals surface area contributed by atoms with Crippen LogP contribution in [0.4, 0.5) is 5.69 Å². The van der Waals surface area contributed by atoms with Crippen molar-refractivity contribution in [1.29, 1.82) is 0 Å². The minimum absolute atomic E-state index is 0. The van der Waals surface area contributed by atoms with E-state index < -0.39 is 0 Å². The summed E-state index contributed by atoms with van der Waals surface area (Å²) in [6, 6.07) is 7.72. The lowest BCUT2D eigenvalue weighted by Crippen LogP contribution is -2.23. The Morgan fingerprint density at radius 3 is 2.86 bits per heavy atom. The molecule has 0 aliphatic rings. The summed E-state index contributed by atoms with van der Waals surface area (Å²) < 4.78 is 10.1. The molecule has 0 amide bonds. The van der Waals surface area contributed by atoms with Crippen LogP contribution in [-0.2, 0) is 17.9 Å². The van der Waals surface area contributed by atoms with Gasteiger partial charge in [-0.3, -0.25) is 0 Å². The highest BCUT2D eigenvalue weighted by atomic mass is 127. The van der Waals surface area contributed by atoms with Gasteiger partial charge in [0.1, 0.15) is 6.54 Å². The number of methoxy groups -OCH3 is 1. The average Bonchev–Trinajstić information content (AvgIpc) is 2.85. The predicted molar refractivity (Wildman–Crippen MR) is 90.6 cm³/mol. The Hall–Kier alpha value is -1.68. The molecule has 7 nitrogen and oxygen atoms in total. The molecular weight excluding hydrogens is 385 g/mol. The van der Waals surface area contributed by atoms with Crippen LogP contribution in [0.25, 0.3) is 0 Å². The summed E-state index contributed by atoms with van der Waals surface area (Å²) in [4.78, 5) is 8.20. The van der Waals surface area contributed by atoms with E-state index in [4.69, 9.17) is 15.0 Å². The van der Waals surface area contributed by atoms with E-state index in [1.54, 1.807) is 14.0 Å². The van der Waals surface area contributed by atoms with Crippen molar-refractivity contribution in [3.8, 4) is 0 Å². The number of aromatic nitrogens is 2. The SMILES string of the molecule is COCc1ccccc1NC(N)=NCc1nc(C)no1.I. The molecule has 0 aliphatic heterocycles. The van der Waals surface area contributed by atoms with Gasteiger partial charge in [0.05, 0.1) is 6.61 Å². The highest BCUT2D eigenvalue weighted by Gasteiger charge is 2.04. The van der Waals surface area contributed by atoms with Crippen molar-refractivity contribution in [2.45, 2.75) is 20.1 Å². The van der Waals surface area contributed by atoms with Gasteiger partial charge in [0.2, 0.25) is 5.89 Å². The third-order valence-corrected chi connectivity index (χ3v) is 2.53. The molecule has 0 unspecified atom stereocenters. The van der Waals surface area contributed by atoms with Crippen LogP contribution in [0.1, 0.15) is 17.3 Å². The molecule has 1 aromatic heterocycles. The summed E-state index contributed by atoms with van der Waals surface area (Å²) in [5.74, 6) is 1.29. The predicted octanol–water partition coefficient (Wildman–Crippen LogP) is 2.07. The lowest BCUT2D eigenvalue weighted by Gasteiger charge is -2.10. The largest absolute Gasteiger partial charge is 0.380 e. The number of hydrogen-bond acceptors (Lipinski definition) is 5. The number of para-hydroxylation sites is 1. The summed E-state index contributed by atoms with van der Waals surface area (Å²) in [7, 11) is 1.64. The Morgan fingerprint density at radius 2 is 2.19 bits per heavy atom. The molecule has 0 atom stereocenters. The normalized spacial score (nSPS) is 11.0. The van der Waals surface area contributed by atoms with Gasteiger partial charge in [-0.05, 0) is 13.0 Å². The number of hydrogen-bond donors (Lipinski definition) is 2. The number of halogens is 1. The van der Waals surface area contributed by atoms with E-state index in [9.17, 15) is 0 Å². The second-order valence-electron chi connectivity index (χ2n) is 4.15. The fourth-order valence-electron chi connectivity index (χ4n) is 1.66.